The van der Waals surface area contributed by atoms with Gasteiger partial charge in [-0.3, -0.25) is 19.4 Å². The SMILES string of the molecule is CCn1cc(CN2CCC(C(NC(=O)C3CCC3)c3ccccn3)CC2)c(C)n1. The minimum Gasteiger partial charge on any atom is -0.347 e. The summed E-state index contributed by atoms with van der Waals surface area (Å²) >= 11 is 0. The Labute approximate surface area is 173 Å². The first-order valence-electron chi connectivity index (χ1n) is 11.1. The van der Waals surface area contributed by atoms with Crippen molar-refractivity contribution in [1.82, 2.24) is 25.0 Å². The summed E-state index contributed by atoms with van der Waals surface area (Å²) < 4.78 is 2.02. The van der Waals surface area contributed by atoms with Crippen molar-refractivity contribution in [3.05, 3.63) is 47.5 Å². The maximum absolute atomic E-state index is 12.7. The molecule has 4 rings (SSSR count). The molecular weight excluding hydrogens is 362 g/mol. The first-order valence-corrected chi connectivity index (χ1v) is 11.1. The van der Waals surface area contributed by atoms with Gasteiger partial charge in [0.15, 0.2) is 0 Å². The number of hydrogen-bond acceptors (Lipinski definition) is 4. The molecule has 1 saturated heterocycles. The number of piperidine rings is 1. The fourth-order valence-electron chi connectivity index (χ4n) is 4.50. The summed E-state index contributed by atoms with van der Waals surface area (Å²) in [5.41, 5.74) is 3.46. The van der Waals surface area contributed by atoms with Crippen LogP contribution in [-0.2, 0) is 17.9 Å². The fraction of sp³-hybridized carbons (Fsp3) is 0.609. The van der Waals surface area contributed by atoms with Crippen LogP contribution in [0.4, 0.5) is 0 Å². The highest BCUT2D eigenvalue weighted by Crippen LogP contribution is 2.33. The summed E-state index contributed by atoms with van der Waals surface area (Å²) in [4.78, 5) is 19.8. The second-order valence-electron chi connectivity index (χ2n) is 8.58. The molecule has 6 heteroatoms. The van der Waals surface area contributed by atoms with E-state index in [1.165, 1.54) is 12.0 Å². The predicted molar refractivity (Wildman–Crippen MR) is 113 cm³/mol. The molecule has 29 heavy (non-hydrogen) atoms. The van der Waals surface area contributed by atoms with E-state index in [-0.39, 0.29) is 17.9 Å². The molecule has 3 heterocycles. The van der Waals surface area contributed by atoms with Crippen molar-refractivity contribution >= 4 is 5.91 Å². The highest BCUT2D eigenvalue weighted by Gasteiger charge is 2.33. The predicted octanol–water partition coefficient (Wildman–Crippen LogP) is 3.48. The lowest BCUT2D eigenvalue weighted by molar-refractivity contribution is -0.128. The van der Waals surface area contributed by atoms with E-state index < -0.39 is 0 Å². The molecule has 1 unspecified atom stereocenters. The second kappa shape index (κ2) is 9.08. The minimum absolute atomic E-state index is 0.0241. The van der Waals surface area contributed by atoms with Gasteiger partial charge in [-0.15, -0.1) is 0 Å². The Bertz CT molecular complexity index is 806. The molecular formula is C23H33N5O. The zero-order valence-corrected chi connectivity index (χ0v) is 17.7. The lowest BCUT2D eigenvalue weighted by Gasteiger charge is -2.37. The topological polar surface area (TPSA) is 63.0 Å². The van der Waals surface area contributed by atoms with E-state index in [2.05, 4.69) is 46.4 Å². The third-order valence-electron chi connectivity index (χ3n) is 6.65. The van der Waals surface area contributed by atoms with E-state index in [0.29, 0.717) is 5.92 Å². The van der Waals surface area contributed by atoms with Gasteiger partial charge in [0, 0.05) is 37.0 Å². The molecule has 6 nitrogen and oxygen atoms in total. The van der Waals surface area contributed by atoms with Crippen LogP contribution in [0.3, 0.4) is 0 Å². The lowest BCUT2D eigenvalue weighted by atomic mass is 9.83. The smallest absolute Gasteiger partial charge is 0.223 e. The molecule has 1 aliphatic carbocycles. The standard InChI is InChI=1S/C23H33N5O/c1-3-28-16-20(17(2)26-28)15-27-13-10-18(11-14-27)22(21-9-4-5-12-24-21)25-23(29)19-7-6-8-19/h4-5,9,12,16,18-19,22H,3,6-8,10-11,13-15H2,1-2H3,(H,25,29). The largest absolute Gasteiger partial charge is 0.347 e. The van der Waals surface area contributed by atoms with Crippen LogP contribution in [-0.4, -0.2) is 38.7 Å². The molecule has 0 spiro atoms. The Hall–Kier alpha value is -2.21. The Kier molecular flexibility index (Phi) is 6.28. The maximum Gasteiger partial charge on any atom is 0.223 e. The molecule has 1 N–H and O–H groups in total. The van der Waals surface area contributed by atoms with Gasteiger partial charge in [-0.05, 0) is 70.7 Å². The van der Waals surface area contributed by atoms with Crippen molar-refractivity contribution in [2.75, 3.05) is 13.1 Å². The van der Waals surface area contributed by atoms with Crippen molar-refractivity contribution in [2.24, 2.45) is 11.8 Å². The van der Waals surface area contributed by atoms with Gasteiger partial charge in [-0.2, -0.15) is 5.10 Å². The summed E-state index contributed by atoms with van der Waals surface area (Å²) in [6.45, 7) is 8.18. The molecule has 2 aliphatic rings. The number of carbonyl (C=O) groups is 1. The van der Waals surface area contributed by atoms with E-state index in [4.69, 9.17) is 0 Å². The third-order valence-corrected chi connectivity index (χ3v) is 6.65. The quantitative estimate of drug-likeness (QED) is 0.780. The number of rotatable bonds is 7. The molecule has 1 saturated carbocycles. The molecule has 2 aromatic heterocycles. The number of hydrogen-bond donors (Lipinski definition) is 1. The van der Waals surface area contributed by atoms with Crippen LogP contribution in [0.2, 0.25) is 0 Å². The maximum atomic E-state index is 12.7. The molecule has 2 fully saturated rings. The molecule has 0 radical (unpaired) electrons. The first kappa shape index (κ1) is 20.1. The van der Waals surface area contributed by atoms with Crippen LogP contribution in [0.5, 0.6) is 0 Å². The van der Waals surface area contributed by atoms with Crippen molar-refractivity contribution in [1.29, 1.82) is 0 Å². The van der Waals surface area contributed by atoms with Gasteiger partial charge in [-0.1, -0.05) is 12.5 Å². The molecule has 1 atom stereocenters. The van der Waals surface area contributed by atoms with Crippen LogP contribution in [0, 0.1) is 18.8 Å². The van der Waals surface area contributed by atoms with Crippen LogP contribution in [0.15, 0.2) is 30.6 Å². The van der Waals surface area contributed by atoms with Gasteiger partial charge in [0.1, 0.15) is 0 Å². The van der Waals surface area contributed by atoms with Crippen molar-refractivity contribution in [2.45, 2.75) is 65.1 Å². The molecule has 0 bridgehead atoms. The highest BCUT2D eigenvalue weighted by molar-refractivity contribution is 5.79. The Morgan fingerprint density at radius 2 is 2.03 bits per heavy atom. The number of aromatic nitrogens is 3. The monoisotopic (exact) mass is 395 g/mol. The number of aryl methyl sites for hydroxylation is 2. The van der Waals surface area contributed by atoms with Crippen LogP contribution >= 0.6 is 0 Å². The van der Waals surface area contributed by atoms with E-state index in [9.17, 15) is 4.79 Å². The number of carbonyl (C=O) groups excluding carboxylic acids is 1. The zero-order valence-electron chi connectivity index (χ0n) is 17.7. The highest BCUT2D eigenvalue weighted by atomic mass is 16.2. The average Bonchev–Trinajstić information content (AvgIpc) is 3.06. The van der Waals surface area contributed by atoms with E-state index in [0.717, 1.165) is 63.3 Å². The zero-order chi connectivity index (χ0) is 20.2. The Balaban J connectivity index is 1.39. The molecule has 0 aromatic carbocycles. The fourth-order valence-corrected chi connectivity index (χ4v) is 4.50. The first-order chi connectivity index (χ1) is 14.1. The number of likely N-dealkylation sites (tertiary alicyclic amines) is 1. The van der Waals surface area contributed by atoms with Gasteiger partial charge in [0.25, 0.3) is 0 Å². The van der Waals surface area contributed by atoms with E-state index in [1.807, 2.05) is 23.0 Å². The minimum atomic E-state index is 0.0241. The van der Waals surface area contributed by atoms with E-state index in [1.54, 1.807) is 0 Å². The summed E-state index contributed by atoms with van der Waals surface area (Å²) in [6.07, 6.45) is 9.41. The van der Waals surface area contributed by atoms with Crippen LogP contribution in [0.25, 0.3) is 0 Å². The second-order valence-corrected chi connectivity index (χ2v) is 8.58. The van der Waals surface area contributed by atoms with Crippen molar-refractivity contribution in [3.63, 3.8) is 0 Å². The van der Waals surface area contributed by atoms with Gasteiger partial charge < -0.3 is 5.32 Å². The summed E-state index contributed by atoms with van der Waals surface area (Å²) in [7, 11) is 0. The summed E-state index contributed by atoms with van der Waals surface area (Å²) in [6, 6.07) is 6.04. The molecule has 1 aliphatic heterocycles. The Morgan fingerprint density at radius 3 is 2.62 bits per heavy atom. The number of amides is 1. The van der Waals surface area contributed by atoms with Crippen molar-refractivity contribution < 1.29 is 4.79 Å². The number of nitrogens with zero attached hydrogens (tertiary/aromatic N) is 4. The average molecular weight is 396 g/mol. The number of nitrogens with one attached hydrogen (secondary N) is 1. The normalized spacial score (nSPS) is 19.7. The molecule has 156 valence electrons. The molecule has 1 amide bonds. The van der Waals surface area contributed by atoms with Crippen LogP contribution in [0.1, 0.15) is 62.0 Å². The third kappa shape index (κ3) is 4.69. The van der Waals surface area contributed by atoms with Gasteiger partial charge in [0.2, 0.25) is 5.91 Å². The van der Waals surface area contributed by atoms with Gasteiger partial charge in [-0.25, -0.2) is 0 Å². The van der Waals surface area contributed by atoms with Crippen molar-refractivity contribution in [3.8, 4) is 0 Å². The van der Waals surface area contributed by atoms with Gasteiger partial charge >= 0.3 is 0 Å². The van der Waals surface area contributed by atoms with E-state index >= 15 is 0 Å². The number of pyridine rings is 1. The summed E-state index contributed by atoms with van der Waals surface area (Å²) in [5.74, 6) is 0.862. The summed E-state index contributed by atoms with van der Waals surface area (Å²) in [5, 5.41) is 7.93. The molecule has 2 aromatic rings. The lowest BCUT2D eigenvalue weighted by Crippen LogP contribution is -2.43. The Morgan fingerprint density at radius 1 is 1.24 bits per heavy atom. The van der Waals surface area contributed by atoms with Gasteiger partial charge in [0.05, 0.1) is 17.4 Å². The van der Waals surface area contributed by atoms with Crippen LogP contribution < -0.4 is 5.32 Å².